The van der Waals surface area contributed by atoms with Gasteiger partial charge in [0.25, 0.3) is 0 Å². The summed E-state index contributed by atoms with van der Waals surface area (Å²) in [4.78, 5) is 24.1. The van der Waals surface area contributed by atoms with Gasteiger partial charge in [-0.2, -0.15) is 12.6 Å². The molecule has 0 aromatic carbocycles. The van der Waals surface area contributed by atoms with Crippen molar-refractivity contribution in [3.8, 4) is 12.3 Å². The molecule has 5 heteroatoms. The first-order chi connectivity index (χ1) is 7.06. The molecule has 0 aromatic heterocycles. The molecule has 1 unspecified atom stereocenters. The average molecular weight is 228 g/mol. The Morgan fingerprint density at radius 2 is 2.20 bits per heavy atom. The highest BCUT2D eigenvalue weighted by Gasteiger charge is 2.22. The van der Waals surface area contributed by atoms with Crippen LogP contribution in [0.5, 0.6) is 0 Å². The molecule has 4 nitrogen and oxygen atoms in total. The summed E-state index contributed by atoms with van der Waals surface area (Å²) in [5.74, 6) is 2.22. The molecule has 84 valence electrons. The fourth-order valence-electron chi connectivity index (χ4n) is 1.11. The zero-order valence-electron chi connectivity index (χ0n) is 8.99. The molecule has 0 saturated carbocycles. The molecule has 15 heavy (non-hydrogen) atoms. The zero-order valence-corrected chi connectivity index (χ0v) is 9.88. The highest BCUT2D eigenvalue weighted by molar-refractivity contribution is 7.80. The van der Waals surface area contributed by atoms with E-state index in [0.717, 1.165) is 0 Å². The number of terminal acetylenes is 1. The number of thiol groups is 1. The summed E-state index contributed by atoms with van der Waals surface area (Å²) in [6.45, 7) is 3.96. The lowest BCUT2D eigenvalue weighted by molar-refractivity contribution is -0.134. The molecule has 0 fully saturated rings. The van der Waals surface area contributed by atoms with Crippen LogP contribution in [0.4, 0.5) is 0 Å². The van der Waals surface area contributed by atoms with E-state index in [0.29, 0.717) is 6.54 Å². The van der Waals surface area contributed by atoms with Gasteiger partial charge in [-0.1, -0.05) is 5.92 Å². The van der Waals surface area contributed by atoms with Gasteiger partial charge in [0.1, 0.15) is 6.04 Å². The maximum absolute atomic E-state index is 11.8. The Labute approximate surface area is 95.8 Å². The van der Waals surface area contributed by atoms with Crippen molar-refractivity contribution in [1.29, 1.82) is 0 Å². The molecule has 1 N–H and O–H groups in total. The van der Waals surface area contributed by atoms with Crippen LogP contribution in [0.25, 0.3) is 0 Å². The van der Waals surface area contributed by atoms with Crippen molar-refractivity contribution in [3.63, 3.8) is 0 Å². The minimum atomic E-state index is -0.598. The van der Waals surface area contributed by atoms with E-state index in [1.807, 2.05) is 6.92 Å². The Morgan fingerprint density at radius 3 is 2.53 bits per heavy atom. The van der Waals surface area contributed by atoms with E-state index in [1.165, 1.54) is 11.8 Å². The Hall–Kier alpha value is -1.15. The third kappa shape index (κ3) is 4.75. The van der Waals surface area contributed by atoms with Crippen molar-refractivity contribution >= 4 is 24.4 Å². The number of hydrogen-bond acceptors (Lipinski definition) is 3. The van der Waals surface area contributed by atoms with Gasteiger partial charge in [-0.15, -0.1) is 6.42 Å². The minimum absolute atomic E-state index is 0.194. The summed E-state index contributed by atoms with van der Waals surface area (Å²) in [7, 11) is 0. The number of hydrogen-bond donors (Lipinski definition) is 2. The number of carbonyl (C=O) groups is 2. The maximum atomic E-state index is 11.8. The smallest absolute Gasteiger partial charge is 0.246 e. The maximum Gasteiger partial charge on any atom is 0.246 e. The summed E-state index contributed by atoms with van der Waals surface area (Å²) in [6, 6.07) is -0.598. The van der Waals surface area contributed by atoms with Gasteiger partial charge in [-0.25, -0.2) is 0 Å². The summed E-state index contributed by atoms with van der Waals surface area (Å²) in [5, 5.41) is 2.53. The van der Waals surface area contributed by atoms with Crippen molar-refractivity contribution in [2.24, 2.45) is 0 Å². The molecule has 0 aliphatic rings. The number of carbonyl (C=O) groups excluding carboxylic acids is 2. The minimum Gasteiger partial charge on any atom is -0.344 e. The molecule has 2 amide bonds. The quantitative estimate of drug-likeness (QED) is 0.510. The number of rotatable bonds is 5. The van der Waals surface area contributed by atoms with Crippen LogP contribution in [0.15, 0.2) is 0 Å². The van der Waals surface area contributed by atoms with Gasteiger partial charge in [0, 0.05) is 19.2 Å². The number of likely N-dealkylation sites (N-methyl/N-ethyl adjacent to an activating group) is 1. The third-order valence-electron chi connectivity index (χ3n) is 1.83. The largest absolute Gasteiger partial charge is 0.344 e. The SMILES string of the molecule is C#CCN(CC)C(=O)C(CS)NC(C)=O. The Balaban J connectivity index is 4.48. The highest BCUT2D eigenvalue weighted by atomic mass is 32.1. The van der Waals surface area contributed by atoms with Crippen molar-refractivity contribution < 1.29 is 9.59 Å². The number of nitrogens with zero attached hydrogens (tertiary/aromatic N) is 1. The molecule has 0 spiro atoms. The van der Waals surface area contributed by atoms with Crippen molar-refractivity contribution in [2.45, 2.75) is 19.9 Å². The van der Waals surface area contributed by atoms with Crippen LogP contribution in [0.1, 0.15) is 13.8 Å². The standard InChI is InChI=1S/C10H16N2O2S/c1-4-6-12(5-2)10(14)9(7-15)11-8(3)13/h1,9,15H,5-7H2,2-3H3,(H,11,13). The van der Waals surface area contributed by atoms with Crippen molar-refractivity contribution in [1.82, 2.24) is 10.2 Å². The molecule has 0 radical (unpaired) electrons. The molecule has 0 heterocycles. The molecule has 0 aromatic rings. The Bertz CT molecular complexity index is 273. The van der Waals surface area contributed by atoms with Gasteiger partial charge in [0.15, 0.2) is 0 Å². The molecule has 0 bridgehead atoms. The Morgan fingerprint density at radius 1 is 1.60 bits per heavy atom. The first-order valence-electron chi connectivity index (χ1n) is 4.67. The van der Waals surface area contributed by atoms with Gasteiger partial charge in [0.2, 0.25) is 11.8 Å². The van der Waals surface area contributed by atoms with Crippen LogP contribution in [0, 0.1) is 12.3 Å². The summed E-state index contributed by atoms with van der Waals surface area (Å²) >= 11 is 4.02. The summed E-state index contributed by atoms with van der Waals surface area (Å²) in [6.07, 6.45) is 5.14. The summed E-state index contributed by atoms with van der Waals surface area (Å²) in [5.41, 5.74) is 0. The van der Waals surface area contributed by atoms with Gasteiger partial charge in [0.05, 0.1) is 6.54 Å². The van der Waals surface area contributed by atoms with E-state index >= 15 is 0 Å². The highest BCUT2D eigenvalue weighted by Crippen LogP contribution is 1.97. The third-order valence-corrected chi connectivity index (χ3v) is 2.20. The van der Waals surface area contributed by atoms with E-state index in [2.05, 4.69) is 23.9 Å². The molecule has 0 aliphatic carbocycles. The lowest BCUT2D eigenvalue weighted by Crippen LogP contribution is -2.49. The van der Waals surface area contributed by atoms with Gasteiger partial charge < -0.3 is 10.2 Å². The molecule has 1 atom stereocenters. The molecule has 0 aliphatic heterocycles. The van der Waals surface area contributed by atoms with Crippen LogP contribution >= 0.6 is 12.6 Å². The topological polar surface area (TPSA) is 49.4 Å². The molecule has 0 rings (SSSR count). The van der Waals surface area contributed by atoms with Crippen molar-refractivity contribution in [3.05, 3.63) is 0 Å². The molecular formula is C10H16N2O2S. The Kier molecular flexibility index (Phi) is 6.63. The van der Waals surface area contributed by atoms with Gasteiger partial charge in [-0.05, 0) is 6.92 Å². The fraction of sp³-hybridized carbons (Fsp3) is 0.600. The second-order valence-electron chi connectivity index (χ2n) is 2.99. The molecule has 0 saturated heterocycles. The predicted octanol–water partition coefficient (Wildman–Crippen LogP) is -0.0974. The lowest BCUT2D eigenvalue weighted by Gasteiger charge is -2.23. The van der Waals surface area contributed by atoms with E-state index in [1.54, 1.807) is 0 Å². The van der Waals surface area contributed by atoms with Crippen LogP contribution in [-0.2, 0) is 9.59 Å². The molecular weight excluding hydrogens is 212 g/mol. The van der Waals surface area contributed by atoms with E-state index in [9.17, 15) is 9.59 Å². The fourth-order valence-corrected chi connectivity index (χ4v) is 1.35. The predicted molar refractivity (Wildman–Crippen MR) is 62.5 cm³/mol. The second kappa shape index (κ2) is 7.18. The first kappa shape index (κ1) is 13.8. The normalized spacial score (nSPS) is 11.3. The van der Waals surface area contributed by atoms with Gasteiger partial charge >= 0.3 is 0 Å². The van der Waals surface area contributed by atoms with E-state index in [4.69, 9.17) is 6.42 Å². The average Bonchev–Trinajstić information content (AvgIpc) is 2.21. The van der Waals surface area contributed by atoms with Crippen LogP contribution in [0.3, 0.4) is 0 Å². The second-order valence-corrected chi connectivity index (χ2v) is 3.36. The lowest BCUT2D eigenvalue weighted by atomic mass is 10.2. The van der Waals surface area contributed by atoms with E-state index in [-0.39, 0.29) is 24.1 Å². The van der Waals surface area contributed by atoms with Gasteiger partial charge in [-0.3, -0.25) is 9.59 Å². The van der Waals surface area contributed by atoms with Crippen LogP contribution in [-0.4, -0.2) is 41.6 Å². The summed E-state index contributed by atoms with van der Waals surface area (Å²) < 4.78 is 0. The number of amides is 2. The zero-order chi connectivity index (χ0) is 11.8. The number of nitrogens with one attached hydrogen (secondary N) is 1. The van der Waals surface area contributed by atoms with Crippen LogP contribution < -0.4 is 5.32 Å². The monoisotopic (exact) mass is 228 g/mol. The van der Waals surface area contributed by atoms with Crippen LogP contribution in [0.2, 0.25) is 0 Å². The van der Waals surface area contributed by atoms with Crippen molar-refractivity contribution in [2.75, 3.05) is 18.8 Å². The van der Waals surface area contributed by atoms with E-state index < -0.39 is 6.04 Å². The first-order valence-corrected chi connectivity index (χ1v) is 5.30.